The first kappa shape index (κ1) is 65.2. The number of hydrogen-bond donors (Lipinski definition) is 1. The summed E-state index contributed by atoms with van der Waals surface area (Å²) in [5, 5.41) is 0.148. The molecule has 0 bridgehead atoms. The van der Waals surface area contributed by atoms with Crippen LogP contribution in [0.25, 0.3) is 0 Å². The third-order valence-electron chi connectivity index (χ3n) is 18.6. The van der Waals surface area contributed by atoms with E-state index in [9.17, 15) is 4.80 Å². The summed E-state index contributed by atoms with van der Waals surface area (Å²) in [4.78, 5) is 11.4. The van der Waals surface area contributed by atoms with Crippen LogP contribution < -0.4 is 0 Å². The van der Waals surface area contributed by atoms with Crippen molar-refractivity contribution in [1.82, 2.24) is 0 Å². The van der Waals surface area contributed by atoms with Crippen LogP contribution in [0.2, 0.25) is 93.7 Å². The molecule has 6 atom stereocenters. The third kappa shape index (κ3) is 19.3. The average Bonchev–Trinajstić information content (AvgIpc) is 3.12. The van der Waals surface area contributed by atoms with Gasteiger partial charge in [-0.15, -0.1) is 0 Å². The van der Waals surface area contributed by atoms with E-state index in [-0.39, 0.29) is 43.9 Å². The van der Waals surface area contributed by atoms with E-state index in [1.807, 2.05) is 0 Å². The van der Waals surface area contributed by atoms with Gasteiger partial charge in [0.1, 0.15) is 0 Å². The van der Waals surface area contributed by atoms with Gasteiger partial charge in [-0.1, -0.05) is 120 Å². The van der Waals surface area contributed by atoms with Gasteiger partial charge >= 0.3 is 0 Å². The van der Waals surface area contributed by atoms with Crippen molar-refractivity contribution in [2.75, 3.05) is 0 Å². The molecule has 0 aromatic heterocycles. The molecule has 0 amide bonds. The second kappa shape index (κ2) is 24.0. The van der Waals surface area contributed by atoms with Gasteiger partial charge in [-0.2, -0.15) is 0 Å². The fraction of sp³-hybridized carbons (Fsp3) is 0.898. The van der Waals surface area contributed by atoms with Gasteiger partial charge in [-0.05, 0) is 232 Å². The van der Waals surface area contributed by atoms with E-state index in [2.05, 4.69) is 195 Å². The molecule has 0 aromatic carbocycles. The zero-order valence-corrected chi connectivity index (χ0v) is 56.3. The van der Waals surface area contributed by atoms with Crippen molar-refractivity contribution >= 4 is 41.6 Å². The molecule has 2 saturated carbocycles. The molecule has 1 N–H and O–H groups in total. The molecule has 5 nitrogen and oxygen atoms in total. The van der Waals surface area contributed by atoms with Crippen LogP contribution >= 0.6 is 0 Å². The summed E-state index contributed by atoms with van der Waals surface area (Å²) in [6, 6.07) is 0. The Kier molecular flexibility index (Phi) is 22.7. The van der Waals surface area contributed by atoms with Gasteiger partial charge in [0.25, 0.3) is 0 Å². The Morgan fingerprint density at radius 2 is 1.33 bits per heavy atom. The van der Waals surface area contributed by atoms with Crippen LogP contribution in [0.5, 0.6) is 0 Å². The number of rotatable bonds is 26. The van der Waals surface area contributed by atoms with Crippen molar-refractivity contribution in [3.63, 3.8) is 0 Å². The fourth-order valence-electron chi connectivity index (χ4n) is 11.9. The molecule has 2 aliphatic carbocycles. The molecular formula is C59H120O5Si5. The van der Waals surface area contributed by atoms with Crippen LogP contribution in [-0.2, 0) is 17.7 Å². The van der Waals surface area contributed by atoms with E-state index in [0.29, 0.717) is 23.7 Å². The lowest BCUT2D eigenvalue weighted by Gasteiger charge is -2.49. The largest absolute Gasteiger partial charge is 0.432 e. The van der Waals surface area contributed by atoms with Gasteiger partial charge < -0.3 is 22.5 Å². The molecule has 2 aliphatic rings. The standard InChI is InChI=1S/C59H120O5Si5/c1-29-32-52(48(34-31-39-55(8,9)63-65(17,18)19)37-38-53(57(12,13)64-66(20,21)22)62-69(27,28)58(14,15)45(2)3)59(16)40-30-33-47(43-59)35-36-49-41-51(61-68(25,26)54(5,6)7)42-50(46(49)4)44-56(10,11)67(23,24)60/h35-36,45,48,50-53,60H,4,29-34,37-44H2,1-3,5-28H3/b47-35+,49-36-/t48?,50-,51-,52?,53?,59+/m1/s1. The van der Waals surface area contributed by atoms with Gasteiger partial charge in [0.2, 0.25) is 0 Å². The molecule has 0 saturated heterocycles. The molecule has 0 spiro atoms. The number of allylic oxidation sites excluding steroid dienone is 4. The molecule has 0 radical (unpaired) electrons. The van der Waals surface area contributed by atoms with E-state index >= 15 is 0 Å². The van der Waals surface area contributed by atoms with Crippen molar-refractivity contribution in [3.8, 4) is 0 Å². The minimum Gasteiger partial charge on any atom is -0.432 e. The summed E-state index contributed by atoms with van der Waals surface area (Å²) >= 11 is 0. The van der Waals surface area contributed by atoms with Crippen molar-refractivity contribution in [2.45, 2.75) is 311 Å². The minimum atomic E-state index is -2.41. The van der Waals surface area contributed by atoms with Crippen molar-refractivity contribution in [2.24, 2.45) is 29.1 Å². The number of hydrogen-bond acceptors (Lipinski definition) is 5. The summed E-state index contributed by atoms with van der Waals surface area (Å²) in [7, 11) is -10.1. The highest BCUT2D eigenvalue weighted by Gasteiger charge is 2.49. The molecule has 10 heteroatoms. The Hall–Kier alpha value is 0.104. The third-order valence-corrected chi connectivity index (χ3v) is 33.5. The molecule has 0 heterocycles. The van der Waals surface area contributed by atoms with Gasteiger partial charge in [-0.25, -0.2) is 0 Å². The van der Waals surface area contributed by atoms with Gasteiger partial charge in [0, 0.05) is 6.10 Å². The Bertz CT molecular complexity index is 1700. The lowest BCUT2D eigenvalue weighted by Crippen LogP contribution is -2.55. The Morgan fingerprint density at radius 1 is 0.768 bits per heavy atom. The summed E-state index contributed by atoms with van der Waals surface area (Å²) in [6.45, 7) is 68.6. The maximum Gasteiger partial charge on any atom is 0.193 e. The summed E-state index contributed by atoms with van der Waals surface area (Å²) in [6.07, 6.45) is 21.1. The van der Waals surface area contributed by atoms with E-state index in [4.69, 9.17) is 24.3 Å². The Labute approximate surface area is 437 Å². The molecular weight excluding hydrogens is 929 g/mol. The quantitative estimate of drug-likeness (QED) is 0.0875. The normalized spacial score (nSPS) is 24.1. The molecule has 3 unspecified atom stereocenters. The van der Waals surface area contributed by atoms with E-state index < -0.39 is 41.6 Å². The van der Waals surface area contributed by atoms with E-state index in [1.165, 1.54) is 56.1 Å². The zero-order valence-electron chi connectivity index (χ0n) is 51.3. The maximum atomic E-state index is 11.4. The first-order valence-electron chi connectivity index (χ1n) is 28.3. The lowest BCUT2D eigenvalue weighted by molar-refractivity contribution is -0.0381. The molecule has 0 aromatic rings. The van der Waals surface area contributed by atoms with Gasteiger partial charge in [0.15, 0.2) is 41.6 Å². The molecule has 2 rings (SSSR count). The minimum absolute atomic E-state index is 0.0369. The average molecular weight is 1050 g/mol. The molecule has 69 heavy (non-hydrogen) atoms. The smallest absolute Gasteiger partial charge is 0.193 e. The van der Waals surface area contributed by atoms with Crippen LogP contribution in [0.3, 0.4) is 0 Å². The maximum absolute atomic E-state index is 11.4. The zero-order chi connectivity index (χ0) is 53.8. The van der Waals surface area contributed by atoms with E-state index in [0.717, 1.165) is 44.9 Å². The van der Waals surface area contributed by atoms with Crippen LogP contribution in [0.4, 0.5) is 0 Å². The summed E-state index contributed by atoms with van der Waals surface area (Å²) < 4.78 is 28.8. The van der Waals surface area contributed by atoms with E-state index in [1.54, 1.807) is 5.57 Å². The topological polar surface area (TPSA) is 57.2 Å². The van der Waals surface area contributed by atoms with Crippen LogP contribution in [-0.4, -0.2) is 69.8 Å². The Balaban J connectivity index is 2.70. The van der Waals surface area contributed by atoms with Crippen LogP contribution in [0.1, 0.15) is 194 Å². The van der Waals surface area contributed by atoms with Gasteiger partial charge in [0.05, 0.1) is 17.3 Å². The van der Waals surface area contributed by atoms with Crippen LogP contribution in [0.15, 0.2) is 35.5 Å². The second-order valence-corrected chi connectivity index (χ2v) is 53.1. The predicted octanol–water partition coefficient (Wildman–Crippen LogP) is 19.4. The van der Waals surface area contributed by atoms with Gasteiger partial charge in [-0.3, -0.25) is 0 Å². The molecule has 0 aliphatic heterocycles. The fourth-order valence-corrected chi connectivity index (χ4v) is 20.2. The van der Waals surface area contributed by atoms with Crippen molar-refractivity contribution in [1.29, 1.82) is 0 Å². The highest BCUT2D eigenvalue weighted by atomic mass is 28.4. The predicted molar refractivity (Wildman–Crippen MR) is 318 cm³/mol. The van der Waals surface area contributed by atoms with Crippen molar-refractivity contribution in [3.05, 3.63) is 35.5 Å². The van der Waals surface area contributed by atoms with Crippen LogP contribution in [0, 0.1) is 29.1 Å². The molecule has 2 fully saturated rings. The SMILES string of the molecule is C=C1/C(=C\C=C2/CCC[C@](C)(C(CCC)C(CCCC(C)(C)O[Si](C)(C)C)CCC(O[Si](C)(C)C(C)(C)C(C)C)C(C)(C)O[Si](C)(C)C)C2)C[C@@H](O[Si](C)(C)C(C)(C)C)C[C@@H]1CC(C)(C)[Si](C)(C)O. The first-order valence-corrected chi connectivity index (χ1v) is 43.9. The molecule has 406 valence electrons. The second-order valence-electron chi connectivity index (χ2n) is 30.4. The monoisotopic (exact) mass is 1050 g/mol. The highest BCUT2D eigenvalue weighted by Crippen LogP contribution is 2.53. The highest BCUT2D eigenvalue weighted by molar-refractivity contribution is 6.75. The Morgan fingerprint density at radius 3 is 1.83 bits per heavy atom. The lowest BCUT2D eigenvalue weighted by atomic mass is 9.59. The summed E-state index contributed by atoms with van der Waals surface area (Å²) in [5.41, 5.74) is 3.97. The summed E-state index contributed by atoms with van der Waals surface area (Å²) in [5.74, 6) is 2.04. The van der Waals surface area contributed by atoms with Crippen molar-refractivity contribution < 1.29 is 22.5 Å². The first-order chi connectivity index (χ1) is 30.7.